The zero-order valence-corrected chi connectivity index (χ0v) is 14.6. The molecule has 2 aromatic heterocycles. The number of aromatic amines is 2. The quantitative estimate of drug-likeness (QED) is 0.552. The molecule has 2 N–H and O–H groups in total. The summed E-state index contributed by atoms with van der Waals surface area (Å²) in [6.45, 7) is 0. The number of nitrogens with one attached hydrogen (secondary N) is 2. The van der Waals surface area contributed by atoms with Crippen LogP contribution in [-0.4, -0.2) is 9.97 Å². The van der Waals surface area contributed by atoms with Crippen molar-refractivity contribution >= 4 is 37.7 Å². The predicted octanol–water partition coefficient (Wildman–Crippen LogP) is 3.51. The molecule has 0 unspecified atom stereocenters. The molecule has 2 rings (SSSR count). The Kier molecular flexibility index (Phi) is 10.4. The van der Waals surface area contributed by atoms with Crippen molar-refractivity contribution in [3.63, 3.8) is 0 Å². The molecule has 0 radical (unpaired) electrons. The monoisotopic (exact) mass is 525 g/mol. The van der Waals surface area contributed by atoms with Gasteiger partial charge in [0.2, 0.25) is 0 Å². The second-order valence-electron chi connectivity index (χ2n) is 2.74. The molecule has 0 amide bonds. The molecule has 0 saturated carbocycles. The Morgan fingerprint density at radius 3 is 1.00 bits per heavy atom. The van der Waals surface area contributed by atoms with Crippen molar-refractivity contribution in [3.05, 3.63) is 69.5 Å². The van der Waals surface area contributed by atoms with Gasteiger partial charge in [-0.1, -0.05) is 0 Å². The van der Waals surface area contributed by atoms with Crippen LogP contribution in [-0.2, 0) is 11.9 Å². The summed E-state index contributed by atoms with van der Waals surface area (Å²) in [4.78, 5) is 26.0. The van der Waals surface area contributed by atoms with Crippen molar-refractivity contribution < 1.29 is 11.9 Å². The van der Waals surface area contributed by atoms with Crippen LogP contribution in [0.2, 0.25) is 0 Å². The van der Waals surface area contributed by atoms with Crippen molar-refractivity contribution in [2.45, 2.75) is 0 Å². The van der Waals surface area contributed by atoms with Gasteiger partial charge in [-0.05, 0) is 0 Å². The summed E-state index contributed by atoms with van der Waals surface area (Å²) < 4.78 is 0. The summed E-state index contributed by atoms with van der Waals surface area (Å²) in [5.41, 5.74) is 0.0810. The van der Waals surface area contributed by atoms with Crippen molar-refractivity contribution in [2.24, 2.45) is 0 Å². The van der Waals surface area contributed by atoms with Gasteiger partial charge in [0.1, 0.15) is 0 Å². The normalized spacial score (nSPS) is 10.3. The third-order valence-corrected chi connectivity index (χ3v) is 1.38. The Bertz CT molecular complexity index is 481. The van der Waals surface area contributed by atoms with Crippen LogP contribution >= 0.6 is 37.7 Å². The average Bonchev–Trinajstić information content (AvgIpc) is 2.29. The number of H-pyrrole nitrogens is 2. The average molecular weight is 527 g/mol. The summed E-state index contributed by atoms with van der Waals surface area (Å²) in [6.07, 6.45) is 6.40. The fraction of sp³-hybridized carbons (Fsp3) is 0. The summed E-state index contributed by atoms with van der Waals surface area (Å²) in [5, 5.41) is 0. The molecule has 0 spiro atoms. The third kappa shape index (κ3) is 17.7. The minimum atomic E-state index is -3.06. The zero-order valence-electron chi connectivity index (χ0n) is 9.26. The molecule has 0 saturated heterocycles. The molecule has 2 aromatic rings. The van der Waals surface area contributed by atoms with Crippen LogP contribution in [0.25, 0.3) is 0 Å². The van der Waals surface area contributed by atoms with Gasteiger partial charge in [0.15, 0.2) is 10.9 Å². The molecule has 0 bridgehead atoms. The van der Waals surface area contributed by atoms with E-state index in [9.17, 15) is 9.59 Å². The van der Waals surface area contributed by atoms with E-state index in [0.29, 0.717) is 0 Å². The van der Waals surface area contributed by atoms with Crippen molar-refractivity contribution in [3.8, 4) is 0 Å². The van der Waals surface area contributed by atoms with Crippen LogP contribution in [0, 0.1) is 0 Å². The maximum absolute atomic E-state index is 10.2. The van der Waals surface area contributed by atoms with E-state index >= 15 is 0 Å². The molecular weight excluding hydrogens is 517 g/mol. The number of hydrogen-bond donors (Lipinski definition) is 2. The molecule has 0 aliphatic carbocycles. The summed E-state index contributed by atoms with van der Waals surface area (Å²) in [5.74, 6) is 0. The van der Waals surface area contributed by atoms with E-state index in [1.165, 1.54) is 24.3 Å². The molecular formula is C10H10Cl4N2O2Pt. The number of aromatic nitrogens is 2. The molecule has 110 valence electrons. The van der Waals surface area contributed by atoms with E-state index in [1.54, 1.807) is 24.8 Å². The van der Waals surface area contributed by atoms with Gasteiger partial charge in [-0.15, -0.1) is 0 Å². The van der Waals surface area contributed by atoms with E-state index in [4.69, 9.17) is 37.7 Å². The van der Waals surface area contributed by atoms with E-state index in [1.807, 2.05) is 0 Å². The van der Waals surface area contributed by atoms with Crippen molar-refractivity contribution in [1.29, 1.82) is 0 Å². The molecule has 0 atom stereocenters. The fourth-order valence-electron chi connectivity index (χ4n) is 0.743. The SMILES string of the molecule is O=c1cc[nH]cc1.O=c1cc[nH]cc1.[Cl][Pt]([Cl])([Cl])[Cl]. The standard InChI is InChI=1S/2C5H5NO.4ClH.Pt/c2*7-5-1-3-6-4-2-5;;;;;/h2*1-4H,(H,6,7);4*1H;/q;;;;;;+4/p-4. The Balaban J connectivity index is 0.000000261. The first-order chi connectivity index (χ1) is 8.79. The molecule has 0 fully saturated rings. The van der Waals surface area contributed by atoms with Crippen LogP contribution in [0.1, 0.15) is 0 Å². The van der Waals surface area contributed by atoms with Gasteiger partial charge in [-0.3, -0.25) is 9.59 Å². The number of pyridine rings is 2. The van der Waals surface area contributed by atoms with Gasteiger partial charge in [-0.25, -0.2) is 0 Å². The third-order valence-electron chi connectivity index (χ3n) is 1.38. The van der Waals surface area contributed by atoms with Crippen molar-refractivity contribution in [2.75, 3.05) is 0 Å². The number of hydrogen-bond acceptors (Lipinski definition) is 2. The van der Waals surface area contributed by atoms with E-state index in [-0.39, 0.29) is 10.9 Å². The first-order valence-corrected chi connectivity index (χ1v) is 15.8. The Labute approximate surface area is 128 Å². The number of rotatable bonds is 0. The topological polar surface area (TPSA) is 65.7 Å². The van der Waals surface area contributed by atoms with Crippen LogP contribution in [0.15, 0.2) is 58.6 Å². The van der Waals surface area contributed by atoms with E-state index in [2.05, 4.69) is 9.97 Å². The van der Waals surface area contributed by atoms with E-state index < -0.39 is 11.9 Å². The molecule has 19 heavy (non-hydrogen) atoms. The fourth-order valence-corrected chi connectivity index (χ4v) is 0.743. The van der Waals surface area contributed by atoms with Crippen LogP contribution in [0.3, 0.4) is 0 Å². The molecule has 2 heterocycles. The molecule has 4 nitrogen and oxygen atoms in total. The van der Waals surface area contributed by atoms with Gasteiger partial charge < -0.3 is 9.97 Å². The molecule has 0 aliphatic rings. The summed E-state index contributed by atoms with van der Waals surface area (Å²) >= 11 is -3.06. The van der Waals surface area contributed by atoms with Crippen LogP contribution in [0.4, 0.5) is 0 Å². The van der Waals surface area contributed by atoms with Crippen LogP contribution in [0.5, 0.6) is 0 Å². The molecule has 9 heteroatoms. The van der Waals surface area contributed by atoms with Gasteiger partial charge >= 0.3 is 49.6 Å². The minimum absolute atomic E-state index is 0.0405. The van der Waals surface area contributed by atoms with E-state index in [0.717, 1.165) is 0 Å². The predicted molar refractivity (Wildman–Crippen MR) is 77.5 cm³/mol. The first-order valence-electron chi connectivity index (χ1n) is 4.53. The number of halogens is 4. The first kappa shape index (κ1) is 18.7. The second kappa shape index (κ2) is 10.5. The van der Waals surface area contributed by atoms with Gasteiger partial charge in [0.05, 0.1) is 0 Å². The maximum atomic E-state index is 10.2. The summed E-state index contributed by atoms with van der Waals surface area (Å²) in [7, 11) is 20.0. The van der Waals surface area contributed by atoms with Crippen molar-refractivity contribution in [1.82, 2.24) is 9.97 Å². The zero-order chi connectivity index (χ0) is 14.7. The Hall–Kier alpha value is -0.252. The molecule has 0 aromatic carbocycles. The van der Waals surface area contributed by atoms with Crippen LogP contribution < -0.4 is 10.9 Å². The molecule has 0 aliphatic heterocycles. The summed E-state index contributed by atoms with van der Waals surface area (Å²) in [6, 6.07) is 5.89. The van der Waals surface area contributed by atoms with Gasteiger partial charge in [-0.2, -0.15) is 0 Å². The Morgan fingerprint density at radius 1 is 0.684 bits per heavy atom. The van der Waals surface area contributed by atoms with Gasteiger partial charge in [0.25, 0.3) is 0 Å². The Morgan fingerprint density at radius 2 is 0.895 bits per heavy atom. The second-order valence-corrected chi connectivity index (χ2v) is 22.4. The van der Waals surface area contributed by atoms with Gasteiger partial charge in [0, 0.05) is 49.1 Å².